The number of aromatic nitrogens is 2. The first-order valence-corrected chi connectivity index (χ1v) is 6.47. The van der Waals surface area contributed by atoms with E-state index in [4.69, 9.17) is 9.63 Å². The van der Waals surface area contributed by atoms with Crippen LogP contribution in [0.4, 0.5) is 0 Å². The summed E-state index contributed by atoms with van der Waals surface area (Å²) in [5.74, 6) is 2.60. The molecule has 1 aliphatic heterocycles. The number of nitrogens with zero attached hydrogens (tertiary/aromatic N) is 2. The summed E-state index contributed by atoms with van der Waals surface area (Å²) in [6, 6.07) is 0. The Kier molecular flexibility index (Phi) is 4.02. The summed E-state index contributed by atoms with van der Waals surface area (Å²) >= 11 is 2.01. The molecule has 1 N–H and O–H groups in total. The van der Waals surface area contributed by atoms with Gasteiger partial charge in [-0.2, -0.15) is 16.7 Å². The van der Waals surface area contributed by atoms with Gasteiger partial charge in [0.2, 0.25) is 5.89 Å². The molecule has 1 aromatic rings. The average Bonchev–Trinajstić information content (AvgIpc) is 2.68. The Hall–Kier alpha value is -0.550. The van der Waals surface area contributed by atoms with Gasteiger partial charge in [0.25, 0.3) is 0 Å². The second-order valence-electron chi connectivity index (χ2n) is 3.77. The third-order valence-electron chi connectivity index (χ3n) is 2.52. The summed E-state index contributed by atoms with van der Waals surface area (Å²) in [4.78, 5) is 4.24. The van der Waals surface area contributed by atoms with Crippen molar-refractivity contribution in [3.05, 3.63) is 11.7 Å². The molecule has 1 aromatic heterocycles. The van der Waals surface area contributed by atoms with E-state index in [1.807, 2.05) is 11.8 Å². The van der Waals surface area contributed by atoms with Crippen LogP contribution < -0.4 is 0 Å². The molecule has 2 heterocycles. The lowest BCUT2D eigenvalue weighted by molar-refractivity contribution is 0.274. The predicted octanol–water partition coefficient (Wildman–Crippen LogP) is 1.43. The molecule has 84 valence electrons. The lowest BCUT2D eigenvalue weighted by Crippen LogP contribution is -2.13. The minimum absolute atomic E-state index is 0.0693. The van der Waals surface area contributed by atoms with E-state index in [0.29, 0.717) is 17.6 Å². The number of aliphatic hydroxyl groups excluding tert-OH is 1. The standard InChI is InChI=1S/C10H16N2O2S/c13-5-4-10-11-9(12-14-10)7-8-3-1-2-6-15-8/h8,13H,1-7H2. The Morgan fingerprint density at radius 2 is 2.40 bits per heavy atom. The number of rotatable bonds is 4. The number of thioether (sulfide) groups is 1. The van der Waals surface area contributed by atoms with Crippen molar-refractivity contribution in [1.82, 2.24) is 10.1 Å². The molecular formula is C10H16N2O2S. The van der Waals surface area contributed by atoms with Crippen molar-refractivity contribution in [2.45, 2.75) is 37.4 Å². The summed E-state index contributed by atoms with van der Waals surface area (Å²) < 4.78 is 5.02. The molecule has 0 aromatic carbocycles. The minimum atomic E-state index is 0.0693. The maximum Gasteiger partial charge on any atom is 0.228 e. The molecule has 0 amide bonds. The zero-order valence-corrected chi connectivity index (χ0v) is 9.50. The van der Waals surface area contributed by atoms with Crippen LogP contribution in [0.15, 0.2) is 4.52 Å². The van der Waals surface area contributed by atoms with Crippen LogP contribution >= 0.6 is 11.8 Å². The molecular weight excluding hydrogens is 212 g/mol. The molecule has 0 radical (unpaired) electrons. The van der Waals surface area contributed by atoms with Gasteiger partial charge in [-0.05, 0) is 18.6 Å². The van der Waals surface area contributed by atoms with Gasteiger partial charge in [0.1, 0.15) is 0 Å². The first kappa shape index (κ1) is 11.0. The van der Waals surface area contributed by atoms with Gasteiger partial charge in [-0.1, -0.05) is 11.6 Å². The molecule has 0 spiro atoms. The van der Waals surface area contributed by atoms with Gasteiger partial charge in [0, 0.05) is 11.7 Å². The van der Waals surface area contributed by atoms with Gasteiger partial charge >= 0.3 is 0 Å². The maximum atomic E-state index is 8.72. The van der Waals surface area contributed by atoms with E-state index in [1.54, 1.807) is 0 Å². The van der Waals surface area contributed by atoms with Crippen molar-refractivity contribution in [1.29, 1.82) is 0 Å². The number of hydrogen-bond acceptors (Lipinski definition) is 5. The Balaban J connectivity index is 1.86. The molecule has 1 saturated heterocycles. The van der Waals surface area contributed by atoms with Crippen molar-refractivity contribution < 1.29 is 9.63 Å². The van der Waals surface area contributed by atoms with E-state index < -0.39 is 0 Å². The highest BCUT2D eigenvalue weighted by atomic mass is 32.2. The Morgan fingerprint density at radius 1 is 1.47 bits per heavy atom. The summed E-state index contributed by atoms with van der Waals surface area (Å²) in [7, 11) is 0. The van der Waals surface area contributed by atoms with Gasteiger partial charge in [0.15, 0.2) is 5.82 Å². The van der Waals surface area contributed by atoms with Crippen LogP contribution in [-0.4, -0.2) is 32.9 Å². The summed E-state index contributed by atoms with van der Waals surface area (Å²) in [5, 5.41) is 13.3. The molecule has 1 fully saturated rings. The first-order valence-electron chi connectivity index (χ1n) is 5.42. The van der Waals surface area contributed by atoms with E-state index in [0.717, 1.165) is 12.2 Å². The summed E-state index contributed by atoms with van der Waals surface area (Å²) in [5.41, 5.74) is 0. The quantitative estimate of drug-likeness (QED) is 0.845. The number of hydrogen-bond donors (Lipinski definition) is 1. The van der Waals surface area contributed by atoms with Crippen LogP contribution in [0.1, 0.15) is 31.0 Å². The van der Waals surface area contributed by atoms with Crippen LogP contribution in [-0.2, 0) is 12.8 Å². The third-order valence-corrected chi connectivity index (χ3v) is 3.92. The van der Waals surface area contributed by atoms with Crippen molar-refractivity contribution in [2.24, 2.45) is 0 Å². The van der Waals surface area contributed by atoms with Gasteiger partial charge < -0.3 is 9.63 Å². The third kappa shape index (κ3) is 3.21. The van der Waals surface area contributed by atoms with Crippen molar-refractivity contribution in [3.8, 4) is 0 Å². The van der Waals surface area contributed by atoms with Crippen LogP contribution in [0.5, 0.6) is 0 Å². The molecule has 15 heavy (non-hydrogen) atoms. The average molecular weight is 228 g/mol. The second kappa shape index (κ2) is 5.51. The topological polar surface area (TPSA) is 59.2 Å². The fraction of sp³-hybridized carbons (Fsp3) is 0.800. The van der Waals surface area contributed by atoms with E-state index in [2.05, 4.69) is 10.1 Å². The first-order chi connectivity index (χ1) is 7.38. The molecule has 5 heteroatoms. The molecule has 1 atom stereocenters. The molecule has 2 rings (SSSR count). The highest BCUT2D eigenvalue weighted by Gasteiger charge is 2.17. The molecule has 1 unspecified atom stereocenters. The van der Waals surface area contributed by atoms with E-state index in [9.17, 15) is 0 Å². The fourth-order valence-electron chi connectivity index (χ4n) is 1.74. The highest BCUT2D eigenvalue weighted by Crippen LogP contribution is 2.27. The van der Waals surface area contributed by atoms with Gasteiger partial charge in [0.05, 0.1) is 13.0 Å². The van der Waals surface area contributed by atoms with Crippen LogP contribution in [0.25, 0.3) is 0 Å². The van der Waals surface area contributed by atoms with Crippen LogP contribution in [0.3, 0.4) is 0 Å². The SMILES string of the molecule is OCCc1nc(CC2CCCCS2)no1. The molecule has 1 aliphatic rings. The minimum Gasteiger partial charge on any atom is -0.396 e. The largest absolute Gasteiger partial charge is 0.396 e. The summed E-state index contributed by atoms with van der Waals surface area (Å²) in [6.07, 6.45) is 5.28. The van der Waals surface area contributed by atoms with E-state index >= 15 is 0 Å². The van der Waals surface area contributed by atoms with Gasteiger partial charge in [-0.3, -0.25) is 0 Å². The van der Waals surface area contributed by atoms with E-state index in [-0.39, 0.29) is 6.61 Å². The fourth-order valence-corrected chi connectivity index (χ4v) is 3.05. The predicted molar refractivity (Wildman–Crippen MR) is 58.9 cm³/mol. The monoisotopic (exact) mass is 228 g/mol. The van der Waals surface area contributed by atoms with Crippen LogP contribution in [0, 0.1) is 0 Å². The zero-order chi connectivity index (χ0) is 10.5. The molecule has 0 aliphatic carbocycles. The number of aliphatic hydroxyl groups is 1. The lowest BCUT2D eigenvalue weighted by Gasteiger charge is -2.19. The maximum absolute atomic E-state index is 8.72. The Labute approximate surface area is 93.4 Å². The van der Waals surface area contributed by atoms with Crippen molar-refractivity contribution >= 4 is 11.8 Å². The lowest BCUT2D eigenvalue weighted by atomic mass is 10.1. The van der Waals surface area contributed by atoms with Crippen molar-refractivity contribution in [2.75, 3.05) is 12.4 Å². The van der Waals surface area contributed by atoms with Gasteiger partial charge in [-0.15, -0.1) is 0 Å². The highest BCUT2D eigenvalue weighted by molar-refractivity contribution is 7.99. The zero-order valence-electron chi connectivity index (χ0n) is 8.69. The normalized spacial score (nSPS) is 21.8. The Morgan fingerprint density at radius 3 is 3.13 bits per heavy atom. The van der Waals surface area contributed by atoms with E-state index in [1.165, 1.54) is 25.0 Å². The molecule has 0 bridgehead atoms. The van der Waals surface area contributed by atoms with Crippen molar-refractivity contribution in [3.63, 3.8) is 0 Å². The molecule has 4 nitrogen and oxygen atoms in total. The van der Waals surface area contributed by atoms with Crippen LogP contribution in [0.2, 0.25) is 0 Å². The second-order valence-corrected chi connectivity index (χ2v) is 5.18. The van der Waals surface area contributed by atoms with Gasteiger partial charge in [-0.25, -0.2) is 0 Å². The summed E-state index contributed by atoms with van der Waals surface area (Å²) in [6.45, 7) is 0.0693. The molecule has 0 saturated carbocycles. The smallest absolute Gasteiger partial charge is 0.228 e. The Bertz CT molecular complexity index is 297.